The average molecular weight is 452 g/mol. The minimum atomic E-state index is -1.43. The first-order chi connectivity index (χ1) is 15.1. The molecule has 0 saturated heterocycles. The molecule has 4 rings (SSSR count). The normalized spacial score (nSPS) is 11.4. The second-order valence-corrected chi connectivity index (χ2v) is 7.32. The van der Waals surface area contributed by atoms with Crippen molar-refractivity contribution in [2.75, 3.05) is 7.11 Å². The summed E-state index contributed by atoms with van der Waals surface area (Å²) in [5.41, 5.74) is 2.58. The molecule has 0 aliphatic rings. The minimum absolute atomic E-state index is 0. The van der Waals surface area contributed by atoms with Crippen LogP contribution in [0, 0.1) is 0 Å². The monoisotopic (exact) mass is 452 g/mol. The molecule has 0 unspecified atom stereocenters. The molecule has 3 aromatic carbocycles. The quantitative estimate of drug-likeness (QED) is 0.228. The zero-order valence-corrected chi connectivity index (χ0v) is 20.4. The van der Waals surface area contributed by atoms with Crippen LogP contribution < -0.4 is 39.4 Å². The molecule has 0 aliphatic heterocycles. The van der Waals surface area contributed by atoms with Crippen LogP contribution in [0.2, 0.25) is 0 Å². The number of aromatic nitrogens is 2. The zero-order chi connectivity index (χ0) is 21.8. The number of hydrogen-bond acceptors (Lipinski definition) is 7. The van der Waals surface area contributed by atoms with Gasteiger partial charge in [-0.25, -0.2) is 0 Å². The molecule has 0 N–H and O–H groups in total. The number of carbonyl (C=O) groups excluding carboxylic acids is 2. The van der Waals surface area contributed by atoms with Crippen molar-refractivity contribution in [3.05, 3.63) is 95.1 Å². The second kappa shape index (κ2) is 10.7. The molecular formula is C24H17N2NaO4S. The van der Waals surface area contributed by atoms with Gasteiger partial charge in [-0.3, -0.25) is 4.79 Å². The van der Waals surface area contributed by atoms with E-state index in [2.05, 4.69) is 8.75 Å². The molecule has 0 saturated carbocycles. The molecule has 0 amide bonds. The van der Waals surface area contributed by atoms with E-state index in [4.69, 9.17) is 4.74 Å². The SMILES string of the molecule is COc1ccccc1C/C(C(=O)c1ccccc1)=C(\C(=O)[O-])c1ccc2nsnc2c1.[Na+]. The van der Waals surface area contributed by atoms with E-state index in [-0.39, 0.29) is 52.9 Å². The van der Waals surface area contributed by atoms with Gasteiger partial charge in [0.25, 0.3) is 0 Å². The molecule has 1 aromatic heterocycles. The van der Waals surface area contributed by atoms with Crippen LogP contribution in [0.15, 0.2) is 78.4 Å². The molecule has 0 bridgehead atoms. The maximum Gasteiger partial charge on any atom is 1.00 e. The van der Waals surface area contributed by atoms with E-state index in [9.17, 15) is 14.7 Å². The molecule has 32 heavy (non-hydrogen) atoms. The molecule has 0 radical (unpaired) electrons. The van der Waals surface area contributed by atoms with Crippen molar-refractivity contribution < 1.29 is 49.0 Å². The molecule has 1 heterocycles. The van der Waals surface area contributed by atoms with E-state index in [1.54, 1.807) is 60.7 Å². The van der Waals surface area contributed by atoms with E-state index in [1.165, 1.54) is 7.11 Å². The number of aliphatic carboxylic acids is 1. The molecule has 154 valence electrons. The summed E-state index contributed by atoms with van der Waals surface area (Å²) >= 11 is 1.04. The van der Waals surface area contributed by atoms with Gasteiger partial charge in [0.15, 0.2) is 5.78 Å². The Kier molecular flexibility index (Phi) is 7.93. The van der Waals surface area contributed by atoms with E-state index in [1.807, 2.05) is 12.1 Å². The first kappa shape index (κ1) is 23.8. The largest absolute Gasteiger partial charge is 1.00 e. The Morgan fingerprint density at radius 1 is 0.906 bits per heavy atom. The topological polar surface area (TPSA) is 92.2 Å². The van der Waals surface area contributed by atoms with Crippen LogP contribution in [0.25, 0.3) is 16.6 Å². The number of carboxylic acids is 1. The van der Waals surface area contributed by atoms with Crippen molar-refractivity contribution in [1.29, 1.82) is 0 Å². The number of benzene rings is 3. The van der Waals surface area contributed by atoms with E-state index in [0.29, 0.717) is 33.5 Å². The number of fused-ring (bicyclic) bond motifs is 1. The third-order valence-electron chi connectivity index (χ3n) is 4.92. The number of nitrogens with zero attached hydrogens (tertiary/aromatic N) is 2. The number of para-hydroxylation sites is 1. The number of rotatable bonds is 7. The first-order valence-corrected chi connectivity index (χ1v) is 10.2. The number of allylic oxidation sites excluding steroid dienone is 1. The predicted octanol–water partition coefficient (Wildman–Crippen LogP) is 0.333. The number of carboxylic acid groups (broad SMARTS) is 1. The number of ether oxygens (including phenoxy) is 1. The average Bonchev–Trinajstić information content (AvgIpc) is 3.27. The van der Waals surface area contributed by atoms with Gasteiger partial charge in [-0.15, -0.1) is 0 Å². The van der Waals surface area contributed by atoms with Crippen LogP contribution >= 0.6 is 11.7 Å². The number of methoxy groups -OCH3 is 1. The van der Waals surface area contributed by atoms with Crippen molar-refractivity contribution in [2.45, 2.75) is 6.42 Å². The molecule has 4 aromatic rings. The third-order valence-corrected chi connectivity index (χ3v) is 5.47. The van der Waals surface area contributed by atoms with Crippen LogP contribution in [0.4, 0.5) is 0 Å². The van der Waals surface area contributed by atoms with Crippen molar-refractivity contribution >= 4 is 40.1 Å². The summed E-state index contributed by atoms with van der Waals surface area (Å²) < 4.78 is 13.7. The fourth-order valence-corrected chi connectivity index (χ4v) is 3.96. The van der Waals surface area contributed by atoms with Gasteiger partial charge < -0.3 is 14.6 Å². The van der Waals surface area contributed by atoms with Crippen molar-refractivity contribution in [2.24, 2.45) is 0 Å². The molecule has 0 spiro atoms. The van der Waals surface area contributed by atoms with Gasteiger partial charge in [0, 0.05) is 23.1 Å². The Hall–Kier alpha value is -2.84. The van der Waals surface area contributed by atoms with Crippen molar-refractivity contribution in [3.8, 4) is 5.75 Å². The molecule has 0 aliphatic carbocycles. The smallest absolute Gasteiger partial charge is 0.545 e. The summed E-state index contributed by atoms with van der Waals surface area (Å²) in [6.07, 6.45) is 0.0639. The summed E-state index contributed by atoms with van der Waals surface area (Å²) in [5, 5.41) is 12.3. The number of carbonyl (C=O) groups is 2. The van der Waals surface area contributed by atoms with E-state index < -0.39 is 5.97 Å². The first-order valence-electron chi connectivity index (χ1n) is 9.47. The van der Waals surface area contributed by atoms with Gasteiger partial charge in [-0.1, -0.05) is 54.6 Å². The van der Waals surface area contributed by atoms with E-state index >= 15 is 0 Å². The summed E-state index contributed by atoms with van der Waals surface area (Å²) in [4.78, 5) is 25.8. The summed E-state index contributed by atoms with van der Waals surface area (Å²) in [5.74, 6) is -1.25. The van der Waals surface area contributed by atoms with Crippen LogP contribution in [-0.4, -0.2) is 27.6 Å². The Balaban J connectivity index is 0.00000289. The number of ketones is 1. The standard InChI is InChI=1S/C24H18N2O4S.Na/c1-30-21-10-6-5-9-16(21)13-18(23(27)15-7-3-2-4-8-15)22(24(28)29)17-11-12-19-20(14-17)26-31-25-19;/h2-12,14H,13H2,1H3,(H,28,29);/q;+1/p-1/b22-18+;. The fraction of sp³-hybridized carbons (Fsp3) is 0.0833. The number of Topliss-reactive ketones (excluding diaryl/α,β-unsaturated/α-hetero) is 1. The van der Waals surface area contributed by atoms with Gasteiger partial charge in [-0.05, 0) is 29.3 Å². The van der Waals surface area contributed by atoms with Gasteiger partial charge >= 0.3 is 29.6 Å². The summed E-state index contributed by atoms with van der Waals surface area (Å²) in [7, 11) is 1.53. The van der Waals surface area contributed by atoms with Gasteiger partial charge in [0.05, 0.1) is 24.8 Å². The molecule has 0 atom stereocenters. The molecule has 8 heteroatoms. The number of hydrogen-bond donors (Lipinski definition) is 0. The maximum absolute atomic E-state index is 13.5. The van der Waals surface area contributed by atoms with Crippen LogP contribution in [0.1, 0.15) is 21.5 Å². The van der Waals surface area contributed by atoms with Crippen LogP contribution in [0.3, 0.4) is 0 Å². The molecular weight excluding hydrogens is 435 g/mol. The molecule has 0 fully saturated rings. The summed E-state index contributed by atoms with van der Waals surface area (Å²) in [6, 6.07) is 20.7. The van der Waals surface area contributed by atoms with Gasteiger partial charge in [-0.2, -0.15) is 8.75 Å². The van der Waals surface area contributed by atoms with Gasteiger partial charge in [0.1, 0.15) is 16.8 Å². The third kappa shape index (κ3) is 4.97. The Morgan fingerprint density at radius 2 is 1.59 bits per heavy atom. The Morgan fingerprint density at radius 3 is 2.31 bits per heavy atom. The minimum Gasteiger partial charge on any atom is -0.545 e. The van der Waals surface area contributed by atoms with Crippen LogP contribution in [-0.2, 0) is 11.2 Å². The predicted molar refractivity (Wildman–Crippen MR) is 117 cm³/mol. The maximum atomic E-state index is 13.5. The van der Waals surface area contributed by atoms with Crippen molar-refractivity contribution in [3.63, 3.8) is 0 Å². The summed E-state index contributed by atoms with van der Waals surface area (Å²) in [6.45, 7) is 0. The molecule has 6 nitrogen and oxygen atoms in total. The Bertz CT molecular complexity index is 1300. The fourth-order valence-electron chi connectivity index (χ4n) is 3.44. The van der Waals surface area contributed by atoms with Gasteiger partial charge in [0.2, 0.25) is 0 Å². The van der Waals surface area contributed by atoms with E-state index in [0.717, 1.165) is 11.7 Å². The van der Waals surface area contributed by atoms with Crippen LogP contribution in [0.5, 0.6) is 5.75 Å². The second-order valence-electron chi connectivity index (χ2n) is 6.79. The zero-order valence-electron chi connectivity index (χ0n) is 17.6. The Labute approximate surface area is 211 Å². The van der Waals surface area contributed by atoms with Crippen molar-refractivity contribution in [1.82, 2.24) is 8.75 Å².